The zero-order valence-electron chi connectivity index (χ0n) is 12.1. The van der Waals surface area contributed by atoms with Gasteiger partial charge in [0.1, 0.15) is 16.4 Å². The molecule has 0 bridgehead atoms. The van der Waals surface area contributed by atoms with Crippen LogP contribution in [-0.2, 0) is 16.6 Å². The van der Waals surface area contributed by atoms with E-state index in [0.717, 1.165) is 12.8 Å². The van der Waals surface area contributed by atoms with Crippen molar-refractivity contribution in [1.29, 1.82) is 0 Å². The third kappa shape index (κ3) is 4.06. The van der Waals surface area contributed by atoms with Crippen LogP contribution in [0.1, 0.15) is 43.8 Å². The van der Waals surface area contributed by atoms with Gasteiger partial charge in [-0.25, -0.2) is 13.1 Å². The first-order valence-electron chi connectivity index (χ1n) is 6.58. The lowest BCUT2D eigenvalue weighted by Crippen LogP contribution is -2.26. The third-order valence-electron chi connectivity index (χ3n) is 3.05. The molecule has 0 amide bonds. The van der Waals surface area contributed by atoms with Crippen LogP contribution in [0, 0.1) is 19.8 Å². The Labute approximate surface area is 115 Å². The van der Waals surface area contributed by atoms with E-state index in [1.807, 2.05) is 0 Å². The summed E-state index contributed by atoms with van der Waals surface area (Å²) in [5, 5.41) is 0. The Hall–Kier alpha value is -0.850. The second-order valence-electron chi connectivity index (χ2n) is 5.16. The predicted molar refractivity (Wildman–Crippen MR) is 75.3 cm³/mol. The normalized spacial score (nSPS) is 12.3. The van der Waals surface area contributed by atoms with Gasteiger partial charge in [-0.05, 0) is 32.6 Å². The molecule has 1 aromatic heterocycles. The smallest absolute Gasteiger partial charge is 0.244 e. The highest BCUT2D eigenvalue weighted by molar-refractivity contribution is 7.89. The summed E-state index contributed by atoms with van der Waals surface area (Å²) in [6, 6.07) is 0. The van der Waals surface area contributed by atoms with Gasteiger partial charge in [0, 0.05) is 18.7 Å². The molecule has 0 aromatic carbocycles. The van der Waals surface area contributed by atoms with Crippen molar-refractivity contribution in [2.45, 2.75) is 52.0 Å². The number of hydrogen-bond acceptors (Lipinski definition) is 4. The van der Waals surface area contributed by atoms with Gasteiger partial charge in [0.2, 0.25) is 10.0 Å². The summed E-state index contributed by atoms with van der Waals surface area (Å²) in [5.41, 5.74) is 6.17. The van der Waals surface area contributed by atoms with Crippen molar-refractivity contribution in [1.82, 2.24) is 4.72 Å². The number of sulfonamides is 1. The summed E-state index contributed by atoms with van der Waals surface area (Å²) in [6.07, 6.45) is 1.82. The van der Waals surface area contributed by atoms with Crippen LogP contribution in [0.15, 0.2) is 9.31 Å². The molecular weight excluding hydrogens is 264 g/mol. The van der Waals surface area contributed by atoms with Crippen LogP contribution in [0.25, 0.3) is 0 Å². The van der Waals surface area contributed by atoms with E-state index in [0.29, 0.717) is 29.5 Å². The molecule has 0 fully saturated rings. The molecule has 0 aliphatic rings. The second-order valence-corrected chi connectivity index (χ2v) is 6.86. The van der Waals surface area contributed by atoms with E-state index in [2.05, 4.69) is 18.6 Å². The molecule has 0 aliphatic heterocycles. The minimum Gasteiger partial charge on any atom is -0.465 e. The van der Waals surface area contributed by atoms with Gasteiger partial charge in [-0.3, -0.25) is 0 Å². The van der Waals surface area contributed by atoms with Gasteiger partial charge in [0.15, 0.2) is 0 Å². The number of hydrogen-bond donors (Lipinski definition) is 2. The van der Waals surface area contributed by atoms with Gasteiger partial charge >= 0.3 is 0 Å². The Morgan fingerprint density at radius 3 is 2.42 bits per heavy atom. The molecule has 0 unspecified atom stereocenters. The first kappa shape index (κ1) is 16.2. The van der Waals surface area contributed by atoms with E-state index < -0.39 is 10.0 Å². The molecule has 1 aromatic rings. The van der Waals surface area contributed by atoms with Crippen molar-refractivity contribution < 1.29 is 12.8 Å². The Kier molecular flexibility index (Phi) is 5.58. The fourth-order valence-electron chi connectivity index (χ4n) is 2.09. The van der Waals surface area contributed by atoms with Gasteiger partial charge in [-0.1, -0.05) is 13.8 Å². The van der Waals surface area contributed by atoms with E-state index in [4.69, 9.17) is 10.2 Å². The predicted octanol–water partition coefficient (Wildman–Crippen LogP) is 2.07. The Bertz CT molecular complexity index is 518. The molecule has 6 heteroatoms. The number of nitrogens with one attached hydrogen (secondary N) is 1. The van der Waals surface area contributed by atoms with Crippen molar-refractivity contribution >= 4 is 10.0 Å². The molecule has 110 valence electrons. The van der Waals surface area contributed by atoms with Crippen molar-refractivity contribution in [3.05, 3.63) is 17.1 Å². The summed E-state index contributed by atoms with van der Waals surface area (Å²) in [4.78, 5) is 0.206. The maximum absolute atomic E-state index is 12.3. The monoisotopic (exact) mass is 288 g/mol. The second kappa shape index (κ2) is 6.54. The zero-order valence-corrected chi connectivity index (χ0v) is 12.9. The third-order valence-corrected chi connectivity index (χ3v) is 4.70. The molecule has 3 N–H and O–H groups in total. The van der Waals surface area contributed by atoms with Crippen LogP contribution in [0.2, 0.25) is 0 Å². The van der Waals surface area contributed by atoms with Crippen LogP contribution in [0.3, 0.4) is 0 Å². The lowest BCUT2D eigenvalue weighted by molar-refractivity contribution is 0.493. The van der Waals surface area contributed by atoms with Crippen LogP contribution in [-0.4, -0.2) is 15.0 Å². The fourth-order valence-corrected chi connectivity index (χ4v) is 3.62. The zero-order chi connectivity index (χ0) is 14.6. The summed E-state index contributed by atoms with van der Waals surface area (Å²) in [5.74, 6) is 1.54. The summed E-state index contributed by atoms with van der Waals surface area (Å²) >= 11 is 0. The minimum absolute atomic E-state index is 0.158. The molecule has 0 spiro atoms. The summed E-state index contributed by atoms with van der Waals surface area (Å²) in [7, 11) is -3.53. The van der Waals surface area contributed by atoms with Gasteiger partial charge < -0.3 is 10.2 Å². The maximum atomic E-state index is 12.3. The molecule has 0 aliphatic carbocycles. The van der Waals surface area contributed by atoms with E-state index in [1.165, 1.54) is 0 Å². The first-order chi connectivity index (χ1) is 8.79. The first-order valence-corrected chi connectivity index (χ1v) is 8.06. The van der Waals surface area contributed by atoms with Crippen LogP contribution in [0.5, 0.6) is 0 Å². The SMILES string of the molecule is Cc1oc(C)c(S(=O)(=O)NCCCC(C)C)c1CN. The topological polar surface area (TPSA) is 85.3 Å². The summed E-state index contributed by atoms with van der Waals surface area (Å²) in [6.45, 7) is 8.21. The van der Waals surface area contributed by atoms with Crippen molar-refractivity contribution in [2.75, 3.05) is 6.54 Å². The average molecular weight is 288 g/mol. The number of rotatable bonds is 7. The number of furan rings is 1. The molecule has 0 saturated carbocycles. The van der Waals surface area contributed by atoms with E-state index in [9.17, 15) is 8.42 Å². The fraction of sp³-hybridized carbons (Fsp3) is 0.692. The van der Waals surface area contributed by atoms with Crippen molar-refractivity contribution in [3.8, 4) is 0 Å². The quantitative estimate of drug-likeness (QED) is 0.752. The average Bonchev–Trinajstić information content (AvgIpc) is 2.59. The molecule has 0 radical (unpaired) electrons. The van der Waals surface area contributed by atoms with Gasteiger partial charge in [0.05, 0.1) is 0 Å². The van der Waals surface area contributed by atoms with Crippen molar-refractivity contribution in [2.24, 2.45) is 11.7 Å². The van der Waals surface area contributed by atoms with Gasteiger partial charge in [-0.15, -0.1) is 0 Å². The highest BCUT2D eigenvalue weighted by Crippen LogP contribution is 2.25. The Balaban J connectivity index is 2.83. The van der Waals surface area contributed by atoms with Crippen LogP contribution < -0.4 is 10.5 Å². The lowest BCUT2D eigenvalue weighted by atomic mass is 10.1. The number of aryl methyl sites for hydroxylation is 2. The molecule has 1 heterocycles. The molecule has 5 nitrogen and oxygen atoms in total. The van der Waals surface area contributed by atoms with Crippen molar-refractivity contribution in [3.63, 3.8) is 0 Å². The number of nitrogens with two attached hydrogens (primary N) is 1. The molecule has 1 rings (SSSR count). The standard InChI is InChI=1S/C13H24N2O3S/c1-9(2)6-5-7-15-19(16,17)13-11(4)18-10(3)12(13)8-14/h9,15H,5-8,14H2,1-4H3. The van der Waals surface area contributed by atoms with E-state index in [1.54, 1.807) is 13.8 Å². The van der Waals surface area contributed by atoms with Gasteiger partial charge in [-0.2, -0.15) is 0 Å². The van der Waals surface area contributed by atoms with E-state index in [-0.39, 0.29) is 11.4 Å². The minimum atomic E-state index is -3.53. The molecule has 0 saturated heterocycles. The summed E-state index contributed by atoms with van der Waals surface area (Å²) < 4.78 is 32.5. The van der Waals surface area contributed by atoms with E-state index >= 15 is 0 Å². The highest BCUT2D eigenvalue weighted by atomic mass is 32.2. The Morgan fingerprint density at radius 1 is 1.26 bits per heavy atom. The molecule has 0 atom stereocenters. The Morgan fingerprint density at radius 2 is 1.89 bits per heavy atom. The van der Waals surface area contributed by atoms with Crippen LogP contribution >= 0.6 is 0 Å². The molecule has 19 heavy (non-hydrogen) atoms. The van der Waals surface area contributed by atoms with Crippen LogP contribution in [0.4, 0.5) is 0 Å². The largest absolute Gasteiger partial charge is 0.465 e. The van der Waals surface area contributed by atoms with Gasteiger partial charge in [0.25, 0.3) is 0 Å². The lowest BCUT2D eigenvalue weighted by Gasteiger charge is -2.08. The highest BCUT2D eigenvalue weighted by Gasteiger charge is 2.25. The molecular formula is C13H24N2O3S. The maximum Gasteiger partial charge on any atom is 0.244 e.